The van der Waals surface area contributed by atoms with Crippen molar-refractivity contribution in [2.45, 2.75) is 6.92 Å². The molecule has 2 N–H and O–H groups in total. The summed E-state index contributed by atoms with van der Waals surface area (Å²) < 4.78 is 1.73. The van der Waals surface area contributed by atoms with E-state index in [9.17, 15) is 0 Å². The first-order chi connectivity index (χ1) is 8.25. The van der Waals surface area contributed by atoms with Gasteiger partial charge in [0.05, 0.1) is 11.6 Å². The molecule has 0 amide bonds. The molecule has 84 valence electrons. The summed E-state index contributed by atoms with van der Waals surface area (Å²) in [6.45, 7) is 2.04. The number of benzene rings is 1. The average molecular weight is 225 g/mol. The van der Waals surface area contributed by atoms with Crippen molar-refractivity contribution < 1.29 is 0 Å². The van der Waals surface area contributed by atoms with Crippen molar-refractivity contribution in [3.05, 3.63) is 47.8 Å². The topological polar surface area (TPSA) is 70.3 Å². The van der Waals surface area contributed by atoms with E-state index in [4.69, 9.17) is 5.41 Å². The van der Waals surface area contributed by atoms with Crippen molar-refractivity contribution in [3.63, 3.8) is 0 Å². The van der Waals surface area contributed by atoms with Crippen LogP contribution < -0.4 is 5.49 Å². The molecular weight excluding hydrogens is 214 g/mol. The summed E-state index contributed by atoms with van der Waals surface area (Å²) in [5.74, 6) is 0. The van der Waals surface area contributed by atoms with Gasteiger partial charge in [0.25, 0.3) is 0 Å². The van der Waals surface area contributed by atoms with Gasteiger partial charge in [0, 0.05) is 5.69 Å². The minimum absolute atomic E-state index is 0.382. The molecule has 2 heterocycles. The highest BCUT2D eigenvalue weighted by Crippen LogP contribution is 2.08. The van der Waals surface area contributed by atoms with E-state index in [-0.39, 0.29) is 0 Å². The van der Waals surface area contributed by atoms with Gasteiger partial charge in [-0.3, -0.25) is 15.1 Å². The number of nitrogens with one attached hydrogen (secondary N) is 2. The molecular formula is C12H11N5. The SMILES string of the molecule is Cc1ccc(-n2cnc3[nH]ncc3c2=N)cc1. The fraction of sp³-hybridized carbons (Fsp3) is 0.0833. The Morgan fingerprint density at radius 3 is 2.76 bits per heavy atom. The van der Waals surface area contributed by atoms with Gasteiger partial charge in [-0.15, -0.1) is 0 Å². The van der Waals surface area contributed by atoms with Crippen molar-refractivity contribution >= 4 is 11.0 Å². The number of aromatic amines is 1. The van der Waals surface area contributed by atoms with Gasteiger partial charge in [0.15, 0.2) is 5.65 Å². The third kappa shape index (κ3) is 1.52. The maximum absolute atomic E-state index is 8.11. The van der Waals surface area contributed by atoms with Crippen LogP contribution in [-0.4, -0.2) is 19.7 Å². The minimum Gasteiger partial charge on any atom is -0.285 e. The lowest BCUT2D eigenvalue weighted by atomic mass is 10.2. The molecule has 0 aliphatic heterocycles. The molecule has 2 aromatic heterocycles. The van der Waals surface area contributed by atoms with Crippen LogP contribution in [0.2, 0.25) is 0 Å². The zero-order valence-corrected chi connectivity index (χ0v) is 9.31. The fourth-order valence-corrected chi connectivity index (χ4v) is 1.76. The second-order valence-corrected chi connectivity index (χ2v) is 3.93. The van der Waals surface area contributed by atoms with Gasteiger partial charge in [-0.25, -0.2) is 4.98 Å². The molecule has 5 nitrogen and oxygen atoms in total. The van der Waals surface area contributed by atoms with Gasteiger partial charge in [0.2, 0.25) is 0 Å². The lowest BCUT2D eigenvalue weighted by Gasteiger charge is -2.06. The maximum atomic E-state index is 8.11. The van der Waals surface area contributed by atoms with E-state index in [2.05, 4.69) is 15.2 Å². The van der Waals surface area contributed by atoms with E-state index in [0.717, 1.165) is 5.69 Å². The predicted octanol–water partition coefficient (Wildman–Crippen LogP) is 1.54. The van der Waals surface area contributed by atoms with Crippen LogP contribution in [0, 0.1) is 12.3 Å². The second kappa shape index (κ2) is 3.55. The van der Waals surface area contributed by atoms with E-state index in [0.29, 0.717) is 16.5 Å². The highest BCUT2D eigenvalue weighted by Gasteiger charge is 2.03. The lowest BCUT2D eigenvalue weighted by molar-refractivity contribution is 0.908. The van der Waals surface area contributed by atoms with E-state index in [1.165, 1.54) is 5.56 Å². The van der Waals surface area contributed by atoms with E-state index < -0.39 is 0 Å². The van der Waals surface area contributed by atoms with Crippen LogP contribution in [0.15, 0.2) is 36.8 Å². The second-order valence-electron chi connectivity index (χ2n) is 3.93. The number of hydrogen-bond donors (Lipinski definition) is 2. The first-order valence-corrected chi connectivity index (χ1v) is 5.28. The molecule has 0 atom stereocenters. The van der Waals surface area contributed by atoms with Crippen molar-refractivity contribution in [1.82, 2.24) is 19.7 Å². The first-order valence-electron chi connectivity index (χ1n) is 5.28. The van der Waals surface area contributed by atoms with Gasteiger partial charge >= 0.3 is 0 Å². The monoisotopic (exact) mass is 225 g/mol. The number of H-pyrrole nitrogens is 1. The van der Waals surface area contributed by atoms with Crippen LogP contribution >= 0.6 is 0 Å². The summed E-state index contributed by atoms with van der Waals surface area (Å²) in [7, 11) is 0. The number of hydrogen-bond acceptors (Lipinski definition) is 3. The maximum Gasteiger partial charge on any atom is 0.160 e. The Kier molecular flexibility index (Phi) is 2.04. The number of nitrogens with zero attached hydrogens (tertiary/aromatic N) is 3. The lowest BCUT2D eigenvalue weighted by Crippen LogP contribution is -2.18. The van der Waals surface area contributed by atoms with Crippen molar-refractivity contribution in [2.75, 3.05) is 0 Å². The molecule has 0 fully saturated rings. The van der Waals surface area contributed by atoms with E-state index in [1.807, 2.05) is 31.2 Å². The molecule has 0 spiro atoms. The largest absolute Gasteiger partial charge is 0.285 e. The average Bonchev–Trinajstić information content (AvgIpc) is 2.80. The van der Waals surface area contributed by atoms with Gasteiger partial charge in [-0.2, -0.15) is 5.10 Å². The van der Waals surface area contributed by atoms with Crippen LogP contribution in [0.1, 0.15) is 5.56 Å². The fourth-order valence-electron chi connectivity index (χ4n) is 1.76. The summed E-state index contributed by atoms with van der Waals surface area (Å²) in [5, 5.41) is 15.5. The standard InChI is InChI=1S/C12H11N5/c1-8-2-4-9(5-3-8)17-7-14-12-10(11(17)13)6-15-16-12/h2-7,13H,1H3,(H,15,16). The van der Waals surface area contributed by atoms with Crippen LogP contribution in [0.3, 0.4) is 0 Å². The Labute approximate surface area is 97.3 Å². The van der Waals surface area contributed by atoms with Gasteiger partial charge in [0.1, 0.15) is 11.8 Å². The molecule has 1 aromatic carbocycles. The Morgan fingerprint density at radius 1 is 1.24 bits per heavy atom. The van der Waals surface area contributed by atoms with Crippen molar-refractivity contribution in [1.29, 1.82) is 5.41 Å². The molecule has 5 heteroatoms. The Balaban J connectivity index is 2.27. The molecule has 3 aromatic rings. The Hall–Kier alpha value is -2.43. The molecule has 0 aliphatic carbocycles. The molecule has 0 bridgehead atoms. The highest BCUT2D eigenvalue weighted by atomic mass is 15.2. The molecule has 0 unspecified atom stereocenters. The summed E-state index contributed by atoms with van der Waals surface area (Å²) >= 11 is 0. The first kappa shape index (κ1) is 9.77. The van der Waals surface area contributed by atoms with Gasteiger partial charge < -0.3 is 0 Å². The van der Waals surface area contributed by atoms with Crippen LogP contribution in [0.25, 0.3) is 16.7 Å². The normalized spacial score (nSPS) is 10.9. The Morgan fingerprint density at radius 2 is 2.00 bits per heavy atom. The van der Waals surface area contributed by atoms with Crippen molar-refractivity contribution in [2.24, 2.45) is 0 Å². The minimum atomic E-state index is 0.382. The van der Waals surface area contributed by atoms with Crippen molar-refractivity contribution in [3.8, 4) is 5.69 Å². The van der Waals surface area contributed by atoms with Gasteiger partial charge in [-0.05, 0) is 19.1 Å². The van der Waals surface area contributed by atoms with Crippen LogP contribution in [0.5, 0.6) is 0 Å². The molecule has 0 saturated heterocycles. The summed E-state index contributed by atoms with van der Waals surface area (Å²) in [5.41, 5.74) is 3.14. The van der Waals surface area contributed by atoms with Crippen LogP contribution in [0.4, 0.5) is 0 Å². The summed E-state index contributed by atoms with van der Waals surface area (Å²) in [6.07, 6.45) is 3.25. The Bertz CT molecular complexity index is 720. The van der Waals surface area contributed by atoms with E-state index in [1.54, 1.807) is 17.1 Å². The third-order valence-corrected chi connectivity index (χ3v) is 2.73. The number of aryl methyl sites for hydroxylation is 1. The number of rotatable bonds is 1. The molecule has 0 saturated carbocycles. The molecule has 3 rings (SSSR count). The zero-order valence-electron chi connectivity index (χ0n) is 9.31. The smallest absolute Gasteiger partial charge is 0.160 e. The van der Waals surface area contributed by atoms with Crippen LogP contribution in [-0.2, 0) is 0 Å². The summed E-state index contributed by atoms with van der Waals surface area (Å²) in [4.78, 5) is 4.23. The molecule has 0 aliphatic rings. The molecule has 17 heavy (non-hydrogen) atoms. The quantitative estimate of drug-likeness (QED) is 0.659. The predicted molar refractivity (Wildman–Crippen MR) is 63.8 cm³/mol. The van der Waals surface area contributed by atoms with E-state index >= 15 is 0 Å². The zero-order chi connectivity index (χ0) is 11.8. The molecule has 0 radical (unpaired) electrons. The highest BCUT2D eigenvalue weighted by molar-refractivity contribution is 5.71. The number of aromatic nitrogens is 4. The van der Waals surface area contributed by atoms with Gasteiger partial charge in [-0.1, -0.05) is 17.7 Å². The summed E-state index contributed by atoms with van der Waals surface area (Å²) in [6, 6.07) is 7.98. The third-order valence-electron chi connectivity index (χ3n) is 2.73. The number of fused-ring (bicyclic) bond motifs is 1.